The SMILES string of the molecule is CC(C)N(Cc1ccccc1)C(=O)CN1C(=O)NC(C)(c2ccccc2Br)C1=O. The molecule has 7 heteroatoms. The zero-order valence-electron chi connectivity index (χ0n) is 16.7. The van der Waals surface area contributed by atoms with E-state index >= 15 is 0 Å². The molecule has 0 saturated carbocycles. The number of amides is 4. The van der Waals surface area contributed by atoms with E-state index in [0.717, 1.165) is 14.9 Å². The van der Waals surface area contributed by atoms with Crippen molar-refractivity contribution in [3.05, 3.63) is 70.2 Å². The molecule has 1 fully saturated rings. The molecule has 1 aliphatic rings. The largest absolute Gasteiger partial charge is 0.334 e. The number of carbonyl (C=O) groups is 3. The highest BCUT2D eigenvalue weighted by Gasteiger charge is 2.50. The van der Waals surface area contributed by atoms with E-state index in [4.69, 9.17) is 0 Å². The van der Waals surface area contributed by atoms with Gasteiger partial charge in [-0.15, -0.1) is 0 Å². The molecule has 6 nitrogen and oxygen atoms in total. The lowest BCUT2D eigenvalue weighted by Crippen LogP contribution is -2.46. The maximum Gasteiger partial charge on any atom is 0.325 e. The first-order valence-corrected chi connectivity index (χ1v) is 10.3. The Bertz CT molecular complexity index is 932. The molecule has 1 N–H and O–H groups in total. The molecule has 3 rings (SSSR count). The molecular weight excluding hydrogens is 434 g/mol. The van der Waals surface area contributed by atoms with Crippen molar-refractivity contribution in [3.8, 4) is 0 Å². The van der Waals surface area contributed by atoms with Gasteiger partial charge >= 0.3 is 6.03 Å². The van der Waals surface area contributed by atoms with Gasteiger partial charge in [-0.25, -0.2) is 4.79 Å². The Morgan fingerprint density at radius 1 is 1.10 bits per heavy atom. The van der Waals surface area contributed by atoms with Gasteiger partial charge in [0.15, 0.2) is 0 Å². The van der Waals surface area contributed by atoms with Crippen molar-refractivity contribution in [2.45, 2.75) is 38.9 Å². The van der Waals surface area contributed by atoms with Crippen LogP contribution in [0.4, 0.5) is 4.79 Å². The normalized spacial score (nSPS) is 18.9. The van der Waals surface area contributed by atoms with Crippen LogP contribution in [-0.4, -0.2) is 40.2 Å². The number of imide groups is 1. The topological polar surface area (TPSA) is 69.7 Å². The predicted molar refractivity (Wildman–Crippen MR) is 114 cm³/mol. The van der Waals surface area contributed by atoms with Gasteiger partial charge in [-0.3, -0.25) is 14.5 Å². The van der Waals surface area contributed by atoms with Crippen molar-refractivity contribution in [3.63, 3.8) is 0 Å². The lowest BCUT2D eigenvalue weighted by molar-refractivity contribution is -0.140. The molecule has 0 bridgehead atoms. The summed E-state index contributed by atoms with van der Waals surface area (Å²) in [6, 6.07) is 16.2. The van der Waals surface area contributed by atoms with Gasteiger partial charge in [0, 0.05) is 22.6 Å². The zero-order chi connectivity index (χ0) is 21.2. The first-order chi connectivity index (χ1) is 13.7. The van der Waals surface area contributed by atoms with Crippen LogP contribution in [0.5, 0.6) is 0 Å². The summed E-state index contributed by atoms with van der Waals surface area (Å²) in [4.78, 5) is 41.4. The molecule has 2 aromatic rings. The Morgan fingerprint density at radius 3 is 2.34 bits per heavy atom. The monoisotopic (exact) mass is 457 g/mol. The molecule has 29 heavy (non-hydrogen) atoms. The number of hydrogen-bond donors (Lipinski definition) is 1. The molecule has 0 aromatic heterocycles. The molecular formula is C22H24BrN3O3. The van der Waals surface area contributed by atoms with Gasteiger partial charge in [0.05, 0.1) is 0 Å². The predicted octanol–water partition coefficient (Wildman–Crippen LogP) is 3.65. The minimum Gasteiger partial charge on any atom is -0.334 e. The number of nitrogens with zero attached hydrogens (tertiary/aromatic N) is 2. The van der Waals surface area contributed by atoms with Crippen LogP contribution >= 0.6 is 15.9 Å². The van der Waals surface area contributed by atoms with Crippen molar-refractivity contribution >= 4 is 33.8 Å². The molecule has 1 atom stereocenters. The third-order valence-electron chi connectivity index (χ3n) is 5.12. The number of carbonyl (C=O) groups excluding carboxylic acids is 3. The van der Waals surface area contributed by atoms with E-state index in [-0.39, 0.29) is 18.5 Å². The van der Waals surface area contributed by atoms with Gasteiger partial charge in [0.2, 0.25) is 5.91 Å². The standard InChI is InChI=1S/C22H24BrN3O3/c1-15(2)25(13-16-9-5-4-6-10-16)19(27)14-26-20(28)22(3,24-21(26)29)17-11-7-8-12-18(17)23/h4-12,15H,13-14H2,1-3H3,(H,24,29). The Labute approximate surface area is 179 Å². The lowest BCUT2D eigenvalue weighted by Gasteiger charge is -2.29. The minimum absolute atomic E-state index is 0.0712. The average Bonchev–Trinajstić information content (AvgIpc) is 2.90. The van der Waals surface area contributed by atoms with Gasteiger partial charge in [-0.1, -0.05) is 64.5 Å². The summed E-state index contributed by atoms with van der Waals surface area (Å²) in [7, 11) is 0. The van der Waals surface area contributed by atoms with E-state index < -0.39 is 17.5 Å². The lowest BCUT2D eigenvalue weighted by atomic mass is 9.92. The second kappa shape index (κ2) is 8.37. The molecule has 1 unspecified atom stereocenters. The molecule has 1 aliphatic heterocycles. The smallest absolute Gasteiger partial charge is 0.325 e. The van der Waals surface area contributed by atoms with Gasteiger partial charge < -0.3 is 10.2 Å². The molecule has 0 aliphatic carbocycles. The molecule has 1 heterocycles. The van der Waals surface area contributed by atoms with Crippen LogP contribution in [0.3, 0.4) is 0 Å². The fraction of sp³-hybridized carbons (Fsp3) is 0.318. The van der Waals surface area contributed by atoms with Crippen molar-refractivity contribution in [2.75, 3.05) is 6.54 Å². The van der Waals surface area contributed by atoms with E-state index in [2.05, 4.69) is 21.2 Å². The zero-order valence-corrected chi connectivity index (χ0v) is 18.3. The van der Waals surface area contributed by atoms with Crippen LogP contribution in [0.15, 0.2) is 59.1 Å². The summed E-state index contributed by atoms with van der Waals surface area (Å²) in [5.41, 5.74) is 0.419. The molecule has 0 radical (unpaired) electrons. The van der Waals surface area contributed by atoms with Crippen LogP contribution in [-0.2, 0) is 21.7 Å². The quantitative estimate of drug-likeness (QED) is 0.672. The first-order valence-electron chi connectivity index (χ1n) is 9.46. The number of urea groups is 1. The number of halogens is 1. The fourth-order valence-electron chi connectivity index (χ4n) is 3.45. The molecule has 152 valence electrons. The maximum absolute atomic E-state index is 13.1. The Balaban J connectivity index is 1.80. The number of benzene rings is 2. The number of rotatable bonds is 6. The van der Waals surface area contributed by atoms with E-state index in [9.17, 15) is 14.4 Å². The van der Waals surface area contributed by atoms with Crippen LogP contribution in [0, 0.1) is 0 Å². The van der Waals surface area contributed by atoms with E-state index in [0.29, 0.717) is 12.1 Å². The molecule has 2 aromatic carbocycles. The molecule has 0 spiro atoms. The second-order valence-corrected chi connectivity index (χ2v) is 8.38. The van der Waals surface area contributed by atoms with Crippen LogP contribution in [0.25, 0.3) is 0 Å². The third-order valence-corrected chi connectivity index (χ3v) is 5.81. The highest BCUT2D eigenvalue weighted by atomic mass is 79.9. The highest BCUT2D eigenvalue weighted by molar-refractivity contribution is 9.10. The molecule has 4 amide bonds. The van der Waals surface area contributed by atoms with Gasteiger partial charge in [0.25, 0.3) is 5.91 Å². The van der Waals surface area contributed by atoms with Gasteiger partial charge in [-0.05, 0) is 32.4 Å². The van der Waals surface area contributed by atoms with Gasteiger partial charge in [0.1, 0.15) is 12.1 Å². The van der Waals surface area contributed by atoms with Crippen molar-refractivity contribution in [1.29, 1.82) is 0 Å². The average molecular weight is 458 g/mol. The van der Waals surface area contributed by atoms with E-state index in [1.54, 1.807) is 24.0 Å². The Kier molecular flexibility index (Phi) is 6.07. The fourth-order valence-corrected chi connectivity index (χ4v) is 4.14. The first kappa shape index (κ1) is 21.0. The second-order valence-electron chi connectivity index (χ2n) is 7.53. The summed E-state index contributed by atoms with van der Waals surface area (Å²) < 4.78 is 0.720. The summed E-state index contributed by atoms with van der Waals surface area (Å²) >= 11 is 3.44. The van der Waals surface area contributed by atoms with E-state index in [1.807, 2.05) is 56.3 Å². The third kappa shape index (κ3) is 4.19. The van der Waals surface area contributed by atoms with Gasteiger partial charge in [-0.2, -0.15) is 0 Å². The minimum atomic E-state index is -1.22. The number of hydrogen-bond acceptors (Lipinski definition) is 3. The summed E-state index contributed by atoms with van der Waals surface area (Å²) in [5, 5.41) is 2.75. The van der Waals surface area contributed by atoms with Crippen LogP contribution in [0.2, 0.25) is 0 Å². The van der Waals surface area contributed by atoms with E-state index in [1.165, 1.54) is 0 Å². The van der Waals surface area contributed by atoms with Crippen molar-refractivity contribution < 1.29 is 14.4 Å². The van der Waals surface area contributed by atoms with Crippen LogP contribution in [0.1, 0.15) is 31.9 Å². The Hall–Kier alpha value is -2.67. The van der Waals surface area contributed by atoms with Crippen LogP contribution < -0.4 is 5.32 Å². The maximum atomic E-state index is 13.1. The number of nitrogens with one attached hydrogen (secondary N) is 1. The highest BCUT2D eigenvalue weighted by Crippen LogP contribution is 2.33. The molecule has 1 saturated heterocycles. The summed E-state index contributed by atoms with van der Waals surface area (Å²) in [5.74, 6) is -0.713. The summed E-state index contributed by atoms with van der Waals surface area (Å²) in [6.45, 7) is 5.61. The Morgan fingerprint density at radius 2 is 1.72 bits per heavy atom. The van der Waals surface area contributed by atoms with Crippen molar-refractivity contribution in [2.24, 2.45) is 0 Å². The van der Waals surface area contributed by atoms with Crippen molar-refractivity contribution in [1.82, 2.24) is 15.1 Å². The summed E-state index contributed by atoms with van der Waals surface area (Å²) in [6.07, 6.45) is 0.